The van der Waals surface area contributed by atoms with Crippen LogP contribution in [0.15, 0.2) is 0 Å². The molecule has 5 N–H and O–H groups in total. The summed E-state index contributed by atoms with van der Waals surface area (Å²) in [7, 11) is 0. The summed E-state index contributed by atoms with van der Waals surface area (Å²) in [6.07, 6.45) is 0.775. The van der Waals surface area contributed by atoms with Gasteiger partial charge in [0.15, 0.2) is 0 Å². The number of carbonyl (C=O) groups excluding carboxylic acids is 2. The quantitative estimate of drug-likeness (QED) is 0.529. The number of nitrogens with one attached hydrogen (secondary N) is 2. The van der Waals surface area contributed by atoms with E-state index in [-0.39, 0.29) is 5.75 Å². The normalized spacial score (nSPS) is 12.6. The van der Waals surface area contributed by atoms with E-state index in [9.17, 15) is 14.4 Å². The van der Waals surface area contributed by atoms with E-state index in [4.69, 9.17) is 10.8 Å². The number of hydrogen-bond donors (Lipinski definition) is 4. The fraction of sp³-hybridized carbons (Fsp3) is 0.727. The van der Waals surface area contributed by atoms with Gasteiger partial charge in [0.1, 0.15) is 6.04 Å². The van der Waals surface area contributed by atoms with Crippen LogP contribution < -0.4 is 16.4 Å². The molecule has 110 valence electrons. The number of carbonyl (C=O) groups is 3. The van der Waals surface area contributed by atoms with E-state index in [0.717, 1.165) is 18.2 Å². The van der Waals surface area contributed by atoms with Crippen LogP contribution in [0.3, 0.4) is 0 Å². The minimum atomic E-state index is -1.13. The average Bonchev–Trinajstić information content (AvgIpc) is 2.32. The van der Waals surface area contributed by atoms with Crippen LogP contribution in [0.1, 0.15) is 27.2 Å². The van der Waals surface area contributed by atoms with Crippen molar-refractivity contribution >= 4 is 29.7 Å². The molecular weight excluding hydrogens is 270 g/mol. The fourth-order valence-corrected chi connectivity index (χ4v) is 1.94. The van der Waals surface area contributed by atoms with Crippen LogP contribution in [-0.2, 0) is 9.59 Å². The number of imide groups is 1. The van der Waals surface area contributed by atoms with Crippen LogP contribution in [0.25, 0.3) is 0 Å². The smallest absolute Gasteiger partial charge is 0.321 e. The Bertz CT molecular complexity index is 347. The third kappa shape index (κ3) is 7.02. The van der Waals surface area contributed by atoms with Crippen LogP contribution >= 0.6 is 11.8 Å². The Morgan fingerprint density at radius 2 is 1.95 bits per heavy atom. The third-order valence-electron chi connectivity index (χ3n) is 2.38. The van der Waals surface area contributed by atoms with E-state index < -0.39 is 28.7 Å². The minimum absolute atomic E-state index is 0.0342. The maximum absolute atomic E-state index is 11.5. The first-order valence-corrected chi connectivity index (χ1v) is 6.89. The highest BCUT2D eigenvalue weighted by molar-refractivity contribution is 8.01. The molecule has 0 spiro atoms. The zero-order chi connectivity index (χ0) is 15.1. The number of nitrogens with two attached hydrogens (primary N) is 1. The molecule has 0 rings (SSSR count). The van der Waals surface area contributed by atoms with Crippen LogP contribution in [-0.4, -0.2) is 46.1 Å². The predicted molar refractivity (Wildman–Crippen MR) is 74.0 cm³/mol. The highest BCUT2D eigenvalue weighted by atomic mass is 32.2. The van der Waals surface area contributed by atoms with Gasteiger partial charge in [0.2, 0.25) is 5.91 Å². The van der Waals surface area contributed by atoms with Crippen LogP contribution in [0.2, 0.25) is 0 Å². The van der Waals surface area contributed by atoms with Crippen molar-refractivity contribution in [2.45, 2.75) is 38.0 Å². The molecule has 0 bridgehead atoms. The van der Waals surface area contributed by atoms with Gasteiger partial charge in [-0.3, -0.25) is 14.9 Å². The molecule has 1 atom stereocenters. The van der Waals surface area contributed by atoms with E-state index in [2.05, 4.69) is 10.6 Å². The van der Waals surface area contributed by atoms with Crippen molar-refractivity contribution in [2.75, 3.05) is 12.3 Å². The number of amides is 3. The largest absolute Gasteiger partial charge is 0.480 e. The highest BCUT2D eigenvalue weighted by Crippen LogP contribution is 2.27. The van der Waals surface area contributed by atoms with E-state index in [0.29, 0.717) is 6.54 Å². The summed E-state index contributed by atoms with van der Waals surface area (Å²) in [5.41, 5.74) is 5.52. The molecule has 0 aliphatic carbocycles. The van der Waals surface area contributed by atoms with Gasteiger partial charge in [0.25, 0.3) is 0 Å². The summed E-state index contributed by atoms with van der Waals surface area (Å²) in [5, 5.41) is 13.5. The van der Waals surface area contributed by atoms with E-state index in [1.165, 1.54) is 0 Å². The van der Waals surface area contributed by atoms with Gasteiger partial charge in [-0.05, 0) is 20.3 Å². The van der Waals surface area contributed by atoms with Crippen LogP contribution in [0, 0.1) is 0 Å². The lowest BCUT2D eigenvalue weighted by Crippen LogP contribution is -2.48. The highest BCUT2D eigenvalue weighted by Gasteiger charge is 2.33. The second-order valence-electron chi connectivity index (χ2n) is 4.51. The monoisotopic (exact) mass is 291 g/mol. The number of aliphatic carboxylic acids is 1. The third-order valence-corrected chi connectivity index (χ3v) is 3.78. The lowest BCUT2D eigenvalue weighted by molar-refractivity contribution is -0.139. The van der Waals surface area contributed by atoms with Crippen molar-refractivity contribution in [3.8, 4) is 0 Å². The molecule has 8 heteroatoms. The van der Waals surface area contributed by atoms with Crippen molar-refractivity contribution in [3.63, 3.8) is 0 Å². The molecule has 0 unspecified atom stereocenters. The second-order valence-corrected chi connectivity index (χ2v) is 6.14. The lowest BCUT2D eigenvalue weighted by Gasteiger charge is -2.27. The Morgan fingerprint density at radius 1 is 1.37 bits per heavy atom. The van der Waals surface area contributed by atoms with E-state index in [1.807, 2.05) is 6.92 Å². The Hall–Kier alpha value is -1.28. The number of hydrogen-bond acceptors (Lipinski definition) is 5. The van der Waals surface area contributed by atoms with Crippen molar-refractivity contribution in [3.05, 3.63) is 0 Å². The van der Waals surface area contributed by atoms with Gasteiger partial charge < -0.3 is 16.2 Å². The molecule has 0 fully saturated rings. The van der Waals surface area contributed by atoms with Gasteiger partial charge in [0.05, 0.1) is 5.75 Å². The Balaban J connectivity index is 4.15. The maximum Gasteiger partial charge on any atom is 0.321 e. The van der Waals surface area contributed by atoms with Gasteiger partial charge in [-0.2, -0.15) is 0 Å². The molecule has 0 aromatic carbocycles. The van der Waals surface area contributed by atoms with E-state index >= 15 is 0 Å². The number of rotatable bonds is 7. The van der Waals surface area contributed by atoms with Gasteiger partial charge >= 0.3 is 12.0 Å². The molecule has 0 aliphatic rings. The molecule has 3 amide bonds. The average molecular weight is 291 g/mol. The molecule has 0 radical (unpaired) electrons. The summed E-state index contributed by atoms with van der Waals surface area (Å²) >= 11 is 1.09. The summed E-state index contributed by atoms with van der Waals surface area (Å²) in [5.74, 6) is -1.64. The van der Waals surface area contributed by atoms with Crippen LogP contribution in [0.4, 0.5) is 4.79 Å². The molecule has 0 heterocycles. The summed E-state index contributed by atoms with van der Waals surface area (Å²) < 4.78 is -0.803. The standard InChI is InChI=1S/C11H21N3O4S/c1-4-5-13-10(18)14-7(15)6-19-11(2,3)8(12)9(16)17/h8H,4-6,12H2,1-3H3,(H,16,17)(H2,13,14,15,18)/t8-/m0/s1. The topological polar surface area (TPSA) is 122 Å². The molecule has 0 aliphatic heterocycles. The van der Waals surface area contributed by atoms with Crippen LogP contribution in [0.5, 0.6) is 0 Å². The number of urea groups is 1. The minimum Gasteiger partial charge on any atom is -0.480 e. The first kappa shape index (κ1) is 17.7. The molecule has 19 heavy (non-hydrogen) atoms. The molecule has 0 saturated carbocycles. The van der Waals surface area contributed by atoms with Gasteiger partial charge in [0, 0.05) is 11.3 Å². The van der Waals surface area contributed by atoms with Gasteiger partial charge in [-0.25, -0.2) is 4.79 Å². The molecule has 0 aromatic heterocycles. The Morgan fingerprint density at radius 3 is 2.42 bits per heavy atom. The first-order valence-electron chi connectivity index (χ1n) is 5.90. The molecular formula is C11H21N3O4S. The number of thioether (sulfide) groups is 1. The Kier molecular flexibility index (Phi) is 7.47. The maximum atomic E-state index is 11.5. The van der Waals surface area contributed by atoms with Crippen molar-refractivity contribution < 1.29 is 19.5 Å². The SMILES string of the molecule is CCCNC(=O)NC(=O)CSC(C)(C)[C@@H](N)C(=O)O. The molecule has 0 saturated heterocycles. The summed E-state index contributed by atoms with van der Waals surface area (Å²) in [6, 6.07) is -1.63. The van der Waals surface area contributed by atoms with Gasteiger partial charge in [-0.15, -0.1) is 11.8 Å². The van der Waals surface area contributed by atoms with Crippen molar-refractivity contribution in [1.82, 2.24) is 10.6 Å². The predicted octanol–water partition coefficient (Wildman–Crippen LogP) is 0.146. The molecule has 0 aromatic rings. The zero-order valence-corrected chi connectivity index (χ0v) is 12.2. The second kappa shape index (κ2) is 8.00. The summed E-state index contributed by atoms with van der Waals surface area (Å²) in [4.78, 5) is 33.5. The van der Waals surface area contributed by atoms with Crippen molar-refractivity contribution in [2.24, 2.45) is 5.73 Å². The fourth-order valence-electron chi connectivity index (χ4n) is 1.08. The lowest BCUT2D eigenvalue weighted by atomic mass is 10.1. The molecule has 7 nitrogen and oxygen atoms in total. The first-order chi connectivity index (χ1) is 8.70. The number of carboxylic acid groups (broad SMARTS) is 1. The van der Waals surface area contributed by atoms with Gasteiger partial charge in [-0.1, -0.05) is 6.92 Å². The van der Waals surface area contributed by atoms with E-state index in [1.54, 1.807) is 13.8 Å². The summed E-state index contributed by atoms with van der Waals surface area (Å²) in [6.45, 7) is 5.66. The Labute approximate surface area is 116 Å². The van der Waals surface area contributed by atoms with Crippen molar-refractivity contribution in [1.29, 1.82) is 0 Å². The zero-order valence-electron chi connectivity index (χ0n) is 11.4. The number of carboxylic acids is 1.